The van der Waals surface area contributed by atoms with Crippen LogP contribution in [0.15, 0.2) is 48.5 Å². The van der Waals surface area contributed by atoms with Gasteiger partial charge in [-0.1, -0.05) is 56.3 Å². The lowest BCUT2D eigenvalue weighted by molar-refractivity contribution is 0.0999. The van der Waals surface area contributed by atoms with Gasteiger partial charge in [0.25, 0.3) is 0 Å². The molecule has 0 spiro atoms. The molecule has 2 heteroatoms. The summed E-state index contributed by atoms with van der Waals surface area (Å²) in [6, 6.07) is 15.9. The molecule has 0 radical (unpaired) electrons. The van der Waals surface area contributed by atoms with Crippen LogP contribution in [0.1, 0.15) is 35.7 Å². The predicted molar refractivity (Wildman–Crippen MR) is 74.5 cm³/mol. The maximum Gasteiger partial charge on any atom is 0.249 e. The first-order valence-electron chi connectivity index (χ1n) is 6.08. The highest BCUT2D eigenvalue weighted by Crippen LogP contribution is 2.26. The van der Waals surface area contributed by atoms with E-state index >= 15 is 0 Å². The summed E-state index contributed by atoms with van der Waals surface area (Å²) in [5.74, 6) is -0.0752. The summed E-state index contributed by atoms with van der Waals surface area (Å²) in [4.78, 5) is 11.5. The molecule has 0 heterocycles. The fraction of sp³-hybridized carbons (Fsp3) is 0.188. The zero-order valence-electron chi connectivity index (χ0n) is 10.7. The van der Waals surface area contributed by atoms with Gasteiger partial charge in [-0.3, -0.25) is 4.79 Å². The van der Waals surface area contributed by atoms with E-state index in [4.69, 9.17) is 5.73 Å². The lowest BCUT2D eigenvalue weighted by atomic mass is 9.93. The maximum absolute atomic E-state index is 11.5. The molecule has 2 nitrogen and oxygen atoms in total. The molecule has 0 fully saturated rings. The van der Waals surface area contributed by atoms with Crippen LogP contribution < -0.4 is 5.73 Å². The molecule has 0 aromatic heterocycles. The molecule has 2 aromatic rings. The van der Waals surface area contributed by atoms with Crippen molar-refractivity contribution < 1.29 is 4.79 Å². The number of carbonyl (C=O) groups excluding carboxylic acids is 1. The molecule has 0 saturated heterocycles. The highest BCUT2D eigenvalue weighted by Gasteiger charge is 2.12. The summed E-state index contributed by atoms with van der Waals surface area (Å²) < 4.78 is 0. The minimum Gasteiger partial charge on any atom is -0.366 e. The fourth-order valence-electron chi connectivity index (χ4n) is 2.08. The summed E-state index contributed by atoms with van der Waals surface area (Å²) in [5.41, 5.74) is 9.19. The summed E-state index contributed by atoms with van der Waals surface area (Å²) in [6.45, 7) is 4.12. The van der Waals surface area contributed by atoms with Crippen molar-refractivity contribution in [2.24, 2.45) is 5.73 Å². The first-order valence-corrected chi connectivity index (χ1v) is 6.08. The summed E-state index contributed by atoms with van der Waals surface area (Å²) in [5, 5.41) is 0. The van der Waals surface area contributed by atoms with Crippen molar-refractivity contribution >= 4 is 5.91 Å². The van der Waals surface area contributed by atoms with Crippen molar-refractivity contribution in [1.82, 2.24) is 0 Å². The van der Waals surface area contributed by atoms with Crippen LogP contribution in [-0.2, 0) is 0 Å². The molecule has 0 unspecified atom stereocenters. The quantitative estimate of drug-likeness (QED) is 0.874. The molecule has 0 saturated carbocycles. The Labute approximate surface area is 107 Å². The number of primary amides is 1. The SMILES string of the molecule is CC(C)c1ccc(-c2ccccc2)cc1C(N)=O. The van der Waals surface area contributed by atoms with Crippen LogP contribution in [-0.4, -0.2) is 5.91 Å². The number of amides is 1. The minimum atomic E-state index is -0.364. The number of hydrogen-bond donors (Lipinski definition) is 1. The average molecular weight is 239 g/mol. The molecule has 1 amide bonds. The van der Waals surface area contributed by atoms with E-state index in [0.717, 1.165) is 16.7 Å². The van der Waals surface area contributed by atoms with Crippen LogP contribution >= 0.6 is 0 Å². The summed E-state index contributed by atoms with van der Waals surface area (Å²) in [7, 11) is 0. The van der Waals surface area contributed by atoms with E-state index in [2.05, 4.69) is 13.8 Å². The van der Waals surface area contributed by atoms with E-state index in [0.29, 0.717) is 5.56 Å². The van der Waals surface area contributed by atoms with E-state index in [1.54, 1.807) is 0 Å². The Bertz CT molecular complexity index is 559. The van der Waals surface area contributed by atoms with Gasteiger partial charge in [-0.15, -0.1) is 0 Å². The molecule has 92 valence electrons. The number of nitrogens with two attached hydrogens (primary N) is 1. The topological polar surface area (TPSA) is 43.1 Å². The lowest BCUT2D eigenvalue weighted by Gasteiger charge is -2.12. The largest absolute Gasteiger partial charge is 0.366 e. The number of rotatable bonds is 3. The van der Waals surface area contributed by atoms with Gasteiger partial charge >= 0.3 is 0 Å². The van der Waals surface area contributed by atoms with Gasteiger partial charge in [0.05, 0.1) is 0 Å². The normalized spacial score (nSPS) is 10.6. The molecule has 0 bridgehead atoms. The van der Waals surface area contributed by atoms with E-state index < -0.39 is 0 Å². The van der Waals surface area contributed by atoms with Gasteiger partial charge in [0.1, 0.15) is 0 Å². The van der Waals surface area contributed by atoms with Crippen LogP contribution in [0.25, 0.3) is 11.1 Å². The van der Waals surface area contributed by atoms with Crippen LogP contribution in [0.5, 0.6) is 0 Å². The summed E-state index contributed by atoms with van der Waals surface area (Å²) in [6.07, 6.45) is 0. The van der Waals surface area contributed by atoms with Gasteiger partial charge < -0.3 is 5.73 Å². The predicted octanol–water partition coefficient (Wildman–Crippen LogP) is 3.58. The monoisotopic (exact) mass is 239 g/mol. The van der Waals surface area contributed by atoms with E-state index in [1.807, 2.05) is 48.5 Å². The maximum atomic E-state index is 11.5. The Morgan fingerprint density at radius 1 is 1.00 bits per heavy atom. The second-order valence-corrected chi connectivity index (χ2v) is 4.69. The van der Waals surface area contributed by atoms with Crippen LogP contribution in [0.2, 0.25) is 0 Å². The third kappa shape index (κ3) is 2.43. The number of hydrogen-bond acceptors (Lipinski definition) is 1. The Hall–Kier alpha value is -2.09. The molecule has 0 aliphatic carbocycles. The van der Waals surface area contributed by atoms with Crippen molar-refractivity contribution in [3.8, 4) is 11.1 Å². The van der Waals surface area contributed by atoms with Crippen molar-refractivity contribution in [2.45, 2.75) is 19.8 Å². The highest BCUT2D eigenvalue weighted by atomic mass is 16.1. The molecule has 18 heavy (non-hydrogen) atoms. The zero-order valence-corrected chi connectivity index (χ0v) is 10.7. The molecule has 0 aliphatic rings. The van der Waals surface area contributed by atoms with Gasteiger partial charge in [0.15, 0.2) is 0 Å². The Morgan fingerprint density at radius 2 is 1.67 bits per heavy atom. The first kappa shape index (κ1) is 12.4. The fourth-order valence-corrected chi connectivity index (χ4v) is 2.08. The molecule has 0 aliphatic heterocycles. The third-order valence-corrected chi connectivity index (χ3v) is 3.05. The second-order valence-electron chi connectivity index (χ2n) is 4.69. The van der Waals surface area contributed by atoms with E-state index in [9.17, 15) is 4.79 Å². The van der Waals surface area contributed by atoms with Gasteiger partial charge in [-0.05, 0) is 28.7 Å². The lowest BCUT2D eigenvalue weighted by Crippen LogP contribution is -2.14. The van der Waals surface area contributed by atoms with E-state index in [-0.39, 0.29) is 11.8 Å². The first-order chi connectivity index (χ1) is 8.59. The molecule has 2 aromatic carbocycles. The van der Waals surface area contributed by atoms with Crippen LogP contribution in [0.4, 0.5) is 0 Å². The molecular formula is C16H17NO. The standard InChI is InChI=1S/C16H17NO/c1-11(2)14-9-8-13(10-15(14)16(17)18)12-6-4-3-5-7-12/h3-11H,1-2H3,(H2,17,18). The highest BCUT2D eigenvalue weighted by molar-refractivity contribution is 5.96. The minimum absolute atomic E-state index is 0.289. The Morgan fingerprint density at radius 3 is 2.22 bits per heavy atom. The van der Waals surface area contributed by atoms with Gasteiger partial charge in [-0.25, -0.2) is 0 Å². The number of benzene rings is 2. The second kappa shape index (κ2) is 5.05. The van der Waals surface area contributed by atoms with Crippen LogP contribution in [0.3, 0.4) is 0 Å². The third-order valence-electron chi connectivity index (χ3n) is 3.05. The van der Waals surface area contributed by atoms with Gasteiger partial charge in [-0.2, -0.15) is 0 Å². The van der Waals surface area contributed by atoms with E-state index in [1.165, 1.54) is 0 Å². The summed E-state index contributed by atoms with van der Waals surface area (Å²) >= 11 is 0. The van der Waals surface area contributed by atoms with Gasteiger partial charge in [0, 0.05) is 5.56 Å². The Balaban J connectivity index is 2.54. The van der Waals surface area contributed by atoms with Crippen molar-refractivity contribution in [3.05, 3.63) is 59.7 Å². The molecule has 2 rings (SSSR count). The van der Waals surface area contributed by atoms with Crippen molar-refractivity contribution in [2.75, 3.05) is 0 Å². The van der Waals surface area contributed by atoms with Crippen molar-refractivity contribution in [3.63, 3.8) is 0 Å². The Kier molecular flexibility index (Phi) is 3.47. The van der Waals surface area contributed by atoms with Gasteiger partial charge in [0.2, 0.25) is 5.91 Å². The average Bonchev–Trinajstić information content (AvgIpc) is 2.39. The number of carbonyl (C=O) groups is 1. The zero-order chi connectivity index (χ0) is 13.1. The molecule has 2 N–H and O–H groups in total. The molecular weight excluding hydrogens is 222 g/mol. The van der Waals surface area contributed by atoms with Crippen LogP contribution in [0, 0.1) is 0 Å². The van der Waals surface area contributed by atoms with Crippen molar-refractivity contribution in [1.29, 1.82) is 0 Å². The smallest absolute Gasteiger partial charge is 0.249 e. The molecule has 0 atom stereocenters.